The Morgan fingerprint density at radius 2 is 2.05 bits per heavy atom. The lowest BCUT2D eigenvalue weighted by Crippen LogP contribution is -2.40. The number of anilines is 1. The summed E-state index contributed by atoms with van der Waals surface area (Å²) in [5, 5.41) is 12.1. The SMILES string of the molecule is O=C(O)C1CC2CCC1N2C(=O)Nc1ccc(Br)cc1Br. The molecule has 0 saturated carbocycles. The molecule has 2 aliphatic heterocycles. The first-order valence-electron chi connectivity index (χ1n) is 6.74. The minimum Gasteiger partial charge on any atom is -0.481 e. The number of nitrogens with one attached hydrogen (secondary N) is 1. The summed E-state index contributed by atoms with van der Waals surface area (Å²) < 4.78 is 1.70. The Bertz CT molecular complexity index is 608. The smallest absolute Gasteiger partial charge is 0.322 e. The molecule has 112 valence electrons. The van der Waals surface area contributed by atoms with E-state index in [9.17, 15) is 14.7 Å². The zero-order chi connectivity index (χ0) is 15.1. The molecule has 2 heterocycles. The first-order valence-corrected chi connectivity index (χ1v) is 8.33. The van der Waals surface area contributed by atoms with Crippen LogP contribution in [-0.2, 0) is 4.79 Å². The van der Waals surface area contributed by atoms with Crippen LogP contribution in [0.4, 0.5) is 10.5 Å². The van der Waals surface area contributed by atoms with Crippen molar-refractivity contribution < 1.29 is 14.7 Å². The van der Waals surface area contributed by atoms with Gasteiger partial charge in [0.2, 0.25) is 0 Å². The van der Waals surface area contributed by atoms with E-state index in [1.807, 2.05) is 12.1 Å². The molecule has 0 spiro atoms. The number of amides is 2. The zero-order valence-electron chi connectivity index (χ0n) is 11.1. The molecule has 0 aliphatic carbocycles. The van der Waals surface area contributed by atoms with Crippen LogP contribution in [0.5, 0.6) is 0 Å². The van der Waals surface area contributed by atoms with Crippen molar-refractivity contribution in [3.8, 4) is 0 Å². The summed E-state index contributed by atoms with van der Waals surface area (Å²) >= 11 is 6.77. The summed E-state index contributed by atoms with van der Waals surface area (Å²) in [6.45, 7) is 0. The predicted octanol–water partition coefficient (Wildman–Crippen LogP) is 3.68. The van der Waals surface area contributed by atoms with Crippen LogP contribution >= 0.6 is 31.9 Å². The highest BCUT2D eigenvalue weighted by molar-refractivity contribution is 9.11. The Kier molecular flexibility index (Phi) is 3.96. The lowest BCUT2D eigenvalue weighted by atomic mass is 9.89. The Balaban J connectivity index is 1.76. The van der Waals surface area contributed by atoms with Crippen LogP contribution in [0.3, 0.4) is 0 Å². The number of aliphatic carboxylic acids is 1. The fourth-order valence-corrected chi connectivity index (χ4v) is 4.49. The topological polar surface area (TPSA) is 69.6 Å². The highest BCUT2D eigenvalue weighted by Crippen LogP contribution is 2.42. The molecule has 3 unspecified atom stereocenters. The third-order valence-corrected chi connectivity index (χ3v) is 5.41. The average Bonchev–Trinajstić information content (AvgIpc) is 2.99. The van der Waals surface area contributed by atoms with E-state index in [1.54, 1.807) is 11.0 Å². The molecule has 2 fully saturated rings. The molecule has 2 N–H and O–H groups in total. The van der Waals surface area contributed by atoms with Gasteiger partial charge in [-0.1, -0.05) is 15.9 Å². The van der Waals surface area contributed by atoms with Gasteiger partial charge < -0.3 is 15.3 Å². The maximum absolute atomic E-state index is 12.5. The third-order valence-electron chi connectivity index (χ3n) is 4.26. The van der Waals surface area contributed by atoms with Crippen molar-refractivity contribution >= 4 is 49.5 Å². The number of halogens is 2. The van der Waals surface area contributed by atoms with Crippen molar-refractivity contribution in [3.05, 3.63) is 27.1 Å². The quantitative estimate of drug-likeness (QED) is 0.770. The number of fused-ring (bicyclic) bond motifs is 2. The summed E-state index contributed by atoms with van der Waals surface area (Å²) in [6.07, 6.45) is 2.23. The van der Waals surface area contributed by atoms with Crippen LogP contribution in [0.1, 0.15) is 19.3 Å². The molecule has 0 aromatic heterocycles. The fraction of sp³-hybridized carbons (Fsp3) is 0.429. The molecule has 1 aromatic rings. The molecule has 7 heteroatoms. The predicted molar refractivity (Wildman–Crippen MR) is 85.3 cm³/mol. The molecule has 3 atom stereocenters. The van der Waals surface area contributed by atoms with Gasteiger partial charge in [0.15, 0.2) is 0 Å². The molecule has 2 saturated heterocycles. The summed E-state index contributed by atoms with van der Waals surface area (Å²) in [5.41, 5.74) is 0.682. The van der Waals surface area contributed by atoms with E-state index >= 15 is 0 Å². The van der Waals surface area contributed by atoms with Gasteiger partial charge in [-0.05, 0) is 53.4 Å². The van der Waals surface area contributed by atoms with E-state index in [0.717, 1.165) is 21.8 Å². The molecule has 0 radical (unpaired) electrons. The second kappa shape index (κ2) is 5.61. The normalized spacial score (nSPS) is 27.0. The Labute approximate surface area is 139 Å². The monoisotopic (exact) mass is 416 g/mol. The number of hydrogen-bond donors (Lipinski definition) is 2. The van der Waals surface area contributed by atoms with Crippen LogP contribution < -0.4 is 5.32 Å². The maximum atomic E-state index is 12.5. The van der Waals surface area contributed by atoms with Crippen molar-refractivity contribution in [2.24, 2.45) is 5.92 Å². The van der Waals surface area contributed by atoms with Gasteiger partial charge in [-0.2, -0.15) is 0 Å². The van der Waals surface area contributed by atoms with E-state index in [0.29, 0.717) is 12.1 Å². The standard InChI is InChI=1S/C14H14Br2N2O3/c15-7-1-3-11(10(16)5-7)17-14(21)18-8-2-4-12(18)9(6-8)13(19)20/h1,3,5,8-9,12H,2,4,6H2,(H,17,21)(H,19,20). The Hall–Kier alpha value is -1.08. The number of carbonyl (C=O) groups excluding carboxylic acids is 1. The van der Waals surface area contributed by atoms with Gasteiger partial charge in [-0.15, -0.1) is 0 Å². The summed E-state index contributed by atoms with van der Waals surface area (Å²) in [6, 6.07) is 5.16. The molecule has 1 aromatic carbocycles. The van der Waals surface area contributed by atoms with E-state index < -0.39 is 11.9 Å². The second-order valence-corrected chi connectivity index (χ2v) is 7.21. The van der Waals surface area contributed by atoms with E-state index in [4.69, 9.17) is 0 Å². The highest BCUT2D eigenvalue weighted by atomic mass is 79.9. The minimum absolute atomic E-state index is 0.0466. The molecular formula is C14H14Br2N2O3. The number of carbonyl (C=O) groups is 2. The average molecular weight is 418 g/mol. The molecule has 2 bridgehead atoms. The van der Waals surface area contributed by atoms with Crippen LogP contribution in [0.2, 0.25) is 0 Å². The number of carboxylic acids is 1. The number of benzene rings is 1. The Morgan fingerprint density at radius 3 is 2.67 bits per heavy atom. The first-order chi connectivity index (χ1) is 9.97. The van der Waals surface area contributed by atoms with E-state index in [2.05, 4.69) is 37.2 Å². The Morgan fingerprint density at radius 1 is 1.29 bits per heavy atom. The number of carboxylic acid groups (broad SMARTS) is 1. The number of urea groups is 1. The largest absolute Gasteiger partial charge is 0.481 e. The van der Waals surface area contributed by atoms with Crippen LogP contribution in [0, 0.1) is 5.92 Å². The number of hydrogen-bond acceptors (Lipinski definition) is 2. The lowest BCUT2D eigenvalue weighted by Gasteiger charge is -2.23. The summed E-state index contributed by atoms with van der Waals surface area (Å²) in [5.74, 6) is -1.23. The van der Waals surface area contributed by atoms with Gasteiger partial charge in [0, 0.05) is 21.0 Å². The van der Waals surface area contributed by atoms with Crippen molar-refractivity contribution in [1.82, 2.24) is 4.90 Å². The number of nitrogens with zero attached hydrogens (tertiary/aromatic N) is 1. The lowest BCUT2D eigenvalue weighted by molar-refractivity contribution is -0.142. The second-order valence-electron chi connectivity index (χ2n) is 5.44. The van der Waals surface area contributed by atoms with Gasteiger partial charge in [-0.3, -0.25) is 4.79 Å². The molecule has 2 amide bonds. The van der Waals surface area contributed by atoms with Crippen molar-refractivity contribution in [2.45, 2.75) is 31.3 Å². The highest BCUT2D eigenvalue weighted by Gasteiger charge is 2.51. The fourth-order valence-electron chi connectivity index (χ4n) is 3.34. The molecule has 5 nitrogen and oxygen atoms in total. The first kappa shape index (κ1) is 14.8. The van der Waals surface area contributed by atoms with Crippen LogP contribution in [-0.4, -0.2) is 34.1 Å². The van der Waals surface area contributed by atoms with Crippen LogP contribution in [0.15, 0.2) is 27.1 Å². The number of rotatable bonds is 2. The summed E-state index contributed by atoms with van der Waals surface area (Å²) in [4.78, 5) is 25.4. The summed E-state index contributed by atoms with van der Waals surface area (Å²) in [7, 11) is 0. The molecule has 3 rings (SSSR count). The third kappa shape index (κ3) is 2.68. The van der Waals surface area contributed by atoms with E-state index in [1.165, 1.54) is 0 Å². The maximum Gasteiger partial charge on any atom is 0.322 e. The van der Waals surface area contributed by atoms with Gasteiger partial charge in [0.25, 0.3) is 0 Å². The van der Waals surface area contributed by atoms with Crippen molar-refractivity contribution in [3.63, 3.8) is 0 Å². The van der Waals surface area contributed by atoms with Crippen molar-refractivity contribution in [2.75, 3.05) is 5.32 Å². The van der Waals surface area contributed by atoms with Crippen molar-refractivity contribution in [1.29, 1.82) is 0 Å². The molecule has 21 heavy (non-hydrogen) atoms. The van der Waals surface area contributed by atoms with Gasteiger partial charge in [0.05, 0.1) is 11.6 Å². The minimum atomic E-state index is -0.801. The van der Waals surface area contributed by atoms with Crippen LogP contribution in [0.25, 0.3) is 0 Å². The van der Waals surface area contributed by atoms with E-state index in [-0.39, 0.29) is 18.1 Å². The zero-order valence-corrected chi connectivity index (χ0v) is 14.2. The van der Waals surface area contributed by atoms with Gasteiger partial charge in [0.1, 0.15) is 0 Å². The van der Waals surface area contributed by atoms with Gasteiger partial charge in [-0.25, -0.2) is 4.79 Å². The van der Waals surface area contributed by atoms with Gasteiger partial charge >= 0.3 is 12.0 Å². The molecular weight excluding hydrogens is 404 g/mol. The molecule has 2 aliphatic rings.